The molecule has 3 amide bonds. The number of rotatable bonds is 7. The Kier molecular flexibility index (Phi) is 6.07. The molecule has 1 heterocycles. The number of anilines is 1. The number of nitrogens with zero attached hydrogens (tertiary/aromatic N) is 1. The number of carbonyl (C=O) groups excluding carboxylic acids is 4. The molecule has 3 rings (SSSR count). The summed E-state index contributed by atoms with van der Waals surface area (Å²) in [5.41, 5.74) is 1.17. The molecular formula is C22H22N2O5. The molecule has 0 saturated carbocycles. The van der Waals surface area contributed by atoms with Crippen LogP contribution in [0.4, 0.5) is 5.69 Å². The van der Waals surface area contributed by atoms with Crippen LogP contribution in [-0.4, -0.2) is 41.7 Å². The van der Waals surface area contributed by atoms with Crippen LogP contribution in [-0.2, 0) is 9.53 Å². The lowest BCUT2D eigenvalue weighted by Crippen LogP contribution is -2.31. The van der Waals surface area contributed by atoms with Gasteiger partial charge in [-0.05, 0) is 42.7 Å². The number of ether oxygens (including phenoxy) is 1. The monoisotopic (exact) mass is 394 g/mol. The van der Waals surface area contributed by atoms with Gasteiger partial charge in [-0.1, -0.05) is 32.0 Å². The van der Waals surface area contributed by atoms with Crippen LogP contribution in [0.3, 0.4) is 0 Å². The molecule has 1 N–H and O–H groups in total. The minimum absolute atomic E-state index is 0.114. The van der Waals surface area contributed by atoms with Crippen molar-refractivity contribution in [3.8, 4) is 0 Å². The van der Waals surface area contributed by atoms with Gasteiger partial charge >= 0.3 is 5.97 Å². The Morgan fingerprint density at radius 1 is 1.00 bits per heavy atom. The summed E-state index contributed by atoms with van der Waals surface area (Å²) in [6.45, 7) is 3.90. The highest BCUT2D eigenvalue weighted by atomic mass is 16.5. The van der Waals surface area contributed by atoms with Gasteiger partial charge in [-0.15, -0.1) is 0 Å². The Labute approximate surface area is 168 Å². The van der Waals surface area contributed by atoms with Gasteiger partial charge in [0.2, 0.25) is 0 Å². The van der Waals surface area contributed by atoms with Gasteiger partial charge in [0.15, 0.2) is 6.61 Å². The first-order valence-electron chi connectivity index (χ1n) is 9.39. The number of carbonyl (C=O) groups is 4. The Morgan fingerprint density at radius 3 is 2.38 bits per heavy atom. The van der Waals surface area contributed by atoms with Crippen LogP contribution in [0.1, 0.15) is 51.3 Å². The van der Waals surface area contributed by atoms with Crippen LogP contribution in [0.5, 0.6) is 0 Å². The highest BCUT2D eigenvalue weighted by molar-refractivity contribution is 6.22. The van der Waals surface area contributed by atoms with E-state index in [2.05, 4.69) is 5.32 Å². The number of nitrogens with one attached hydrogen (secondary N) is 1. The number of hydrogen-bond acceptors (Lipinski definition) is 5. The summed E-state index contributed by atoms with van der Waals surface area (Å²) in [6.07, 6.45) is 0.705. The zero-order valence-electron chi connectivity index (χ0n) is 16.3. The van der Waals surface area contributed by atoms with Gasteiger partial charge in [-0.25, -0.2) is 4.79 Å². The van der Waals surface area contributed by atoms with Crippen LogP contribution < -0.4 is 5.32 Å². The molecule has 0 spiro atoms. The first kappa shape index (κ1) is 20.3. The van der Waals surface area contributed by atoms with E-state index in [-0.39, 0.29) is 22.6 Å². The molecule has 1 aliphatic rings. The molecule has 2 aromatic carbocycles. The van der Waals surface area contributed by atoms with Crippen LogP contribution in [0.15, 0.2) is 48.5 Å². The van der Waals surface area contributed by atoms with Crippen molar-refractivity contribution in [1.29, 1.82) is 0 Å². The van der Waals surface area contributed by atoms with Gasteiger partial charge < -0.3 is 10.1 Å². The summed E-state index contributed by atoms with van der Waals surface area (Å²) in [7, 11) is 0. The summed E-state index contributed by atoms with van der Waals surface area (Å²) in [5, 5.41) is 2.61. The molecule has 0 aliphatic carbocycles. The molecule has 2 aromatic rings. The molecule has 0 fully saturated rings. The predicted octanol–water partition coefficient (Wildman–Crippen LogP) is 3.12. The van der Waals surface area contributed by atoms with Crippen molar-refractivity contribution >= 4 is 29.4 Å². The molecule has 0 saturated heterocycles. The highest BCUT2D eigenvalue weighted by Gasteiger charge is 2.35. The van der Waals surface area contributed by atoms with E-state index in [0.717, 1.165) is 0 Å². The summed E-state index contributed by atoms with van der Waals surface area (Å²) < 4.78 is 5.03. The molecule has 7 nitrogen and oxygen atoms in total. The van der Waals surface area contributed by atoms with Crippen LogP contribution in [0, 0.1) is 5.92 Å². The molecule has 29 heavy (non-hydrogen) atoms. The third kappa shape index (κ3) is 4.68. The maximum atomic E-state index is 12.6. The quantitative estimate of drug-likeness (QED) is 0.575. The van der Waals surface area contributed by atoms with E-state index < -0.39 is 24.4 Å². The standard InChI is InChI=1S/C22H22N2O5/c1-14(2)10-11-24-20(26)17-9-8-15(12-18(17)21(24)27)22(28)29-13-19(25)23-16-6-4-3-5-7-16/h3-9,12,14H,10-11,13H2,1-2H3,(H,23,25). The number of fused-ring (bicyclic) bond motifs is 1. The van der Waals surface area contributed by atoms with E-state index in [4.69, 9.17) is 4.74 Å². The van der Waals surface area contributed by atoms with E-state index in [1.54, 1.807) is 24.3 Å². The lowest BCUT2D eigenvalue weighted by molar-refractivity contribution is -0.119. The molecule has 7 heteroatoms. The van der Waals surface area contributed by atoms with Crippen molar-refractivity contribution < 1.29 is 23.9 Å². The van der Waals surface area contributed by atoms with Crippen LogP contribution in [0.25, 0.3) is 0 Å². The SMILES string of the molecule is CC(C)CCN1C(=O)c2ccc(C(=O)OCC(=O)Nc3ccccc3)cc2C1=O. The average molecular weight is 394 g/mol. The largest absolute Gasteiger partial charge is 0.452 e. The number of benzene rings is 2. The Bertz CT molecular complexity index is 953. The summed E-state index contributed by atoms with van der Waals surface area (Å²) in [6, 6.07) is 13.0. The lowest BCUT2D eigenvalue weighted by Gasteiger charge is -2.14. The highest BCUT2D eigenvalue weighted by Crippen LogP contribution is 2.25. The molecule has 0 unspecified atom stereocenters. The van der Waals surface area contributed by atoms with Gasteiger partial charge in [0.05, 0.1) is 16.7 Å². The molecule has 0 radical (unpaired) electrons. The zero-order valence-corrected chi connectivity index (χ0v) is 16.3. The summed E-state index contributed by atoms with van der Waals surface area (Å²) in [4.78, 5) is 50.4. The van der Waals surface area contributed by atoms with Crippen molar-refractivity contribution in [2.75, 3.05) is 18.5 Å². The molecule has 0 aromatic heterocycles. The van der Waals surface area contributed by atoms with E-state index in [1.165, 1.54) is 23.1 Å². The van der Waals surface area contributed by atoms with Crippen molar-refractivity contribution in [2.45, 2.75) is 20.3 Å². The van der Waals surface area contributed by atoms with Gasteiger partial charge in [-0.2, -0.15) is 0 Å². The first-order chi connectivity index (χ1) is 13.9. The number of esters is 1. The van der Waals surface area contributed by atoms with Gasteiger partial charge in [0, 0.05) is 12.2 Å². The van der Waals surface area contributed by atoms with Crippen molar-refractivity contribution in [1.82, 2.24) is 4.90 Å². The van der Waals surface area contributed by atoms with Crippen molar-refractivity contribution in [3.63, 3.8) is 0 Å². The third-order valence-corrected chi connectivity index (χ3v) is 4.53. The third-order valence-electron chi connectivity index (χ3n) is 4.53. The van der Waals surface area contributed by atoms with Gasteiger partial charge in [0.25, 0.3) is 17.7 Å². The van der Waals surface area contributed by atoms with E-state index in [9.17, 15) is 19.2 Å². The fourth-order valence-electron chi connectivity index (χ4n) is 2.94. The second-order valence-electron chi connectivity index (χ2n) is 7.20. The summed E-state index contributed by atoms with van der Waals surface area (Å²) in [5.74, 6) is -1.63. The topological polar surface area (TPSA) is 92.8 Å². The molecule has 150 valence electrons. The number of para-hydroxylation sites is 1. The Morgan fingerprint density at radius 2 is 1.69 bits per heavy atom. The second-order valence-corrected chi connectivity index (χ2v) is 7.20. The molecule has 0 bridgehead atoms. The fraction of sp³-hybridized carbons (Fsp3) is 0.273. The fourth-order valence-corrected chi connectivity index (χ4v) is 2.94. The molecule has 1 aliphatic heterocycles. The maximum absolute atomic E-state index is 12.6. The second kappa shape index (κ2) is 8.68. The molecule has 0 atom stereocenters. The van der Waals surface area contributed by atoms with E-state index in [0.29, 0.717) is 24.6 Å². The first-order valence-corrected chi connectivity index (χ1v) is 9.39. The smallest absolute Gasteiger partial charge is 0.338 e. The van der Waals surface area contributed by atoms with Crippen LogP contribution in [0.2, 0.25) is 0 Å². The van der Waals surface area contributed by atoms with Crippen molar-refractivity contribution in [2.24, 2.45) is 5.92 Å². The minimum Gasteiger partial charge on any atom is -0.452 e. The summed E-state index contributed by atoms with van der Waals surface area (Å²) >= 11 is 0. The zero-order chi connectivity index (χ0) is 21.0. The normalized spacial score (nSPS) is 12.9. The lowest BCUT2D eigenvalue weighted by atomic mass is 10.1. The molecular weight excluding hydrogens is 372 g/mol. The van der Waals surface area contributed by atoms with Crippen LogP contribution >= 0.6 is 0 Å². The number of hydrogen-bond donors (Lipinski definition) is 1. The van der Waals surface area contributed by atoms with E-state index >= 15 is 0 Å². The minimum atomic E-state index is -0.739. The number of amides is 3. The number of imide groups is 1. The maximum Gasteiger partial charge on any atom is 0.338 e. The van der Waals surface area contributed by atoms with Crippen molar-refractivity contribution in [3.05, 3.63) is 65.2 Å². The van der Waals surface area contributed by atoms with Gasteiger partial charge in [0.1, 0.15) is 0 Å². The Balaban J connectivity index is 1.63. The van der Waals surface area contributed by atoms with E-state index in [1.807, 2.05) is 19.9 Å². The average Bonchev–Trinajstić information content (AvgIpc) is 2.95. The predicted molar refractivity (Wildman–Crippen MR) is 107 cm³/mol. The Hall–Kier alpha value is -3.48. The van der Waals surface area contributed by atoms with Gasteiger partial charge in [-0.3, -0.25) is 19.3 Å².